The lowest BCUT2D eigenvalue weighted by atomic mass is 9.99. The van der Waals surface area contributed by atoms with Crippen LogP contribution in [0.1, 0.15) is 30.9 Å². The summed E-state index contributed by atoms with van der Waals surface area (Å²) < 4.78 is 11.0. The van der Waals surface area contributed by atoms with E-state index in [0.29, 0.717) is 26.1 Å². The molecule has 0 aromatic heterocycles. The molecule has 42 heavy (non-hydrogen) atoms. The van der Waals surface area contributed by atoms with Crippen molar-refractivity contribution in [2.45, 2.75) is 32.6 Å². The smallest absolute Gasteiger partial charge is 0.306 e. The fourth-order valence-corrected chi connectivity index (χ4v) is 5.73. The monoisotopic (exact) mass is 554 g/mol. The zero-order chi connectivity index (χ0) is 28.9. The van der Waals surface area contributed by atoms with Crippen LogP contribution in [-0.4, -0.2) is 25.2 Å². The first kappa shape index (κ1) is 27.5. The van der Waals surface area contributed by atoms with Crippen molar-refractivity contribution in [2.24, 2.45) is 5.92 Å². The number of ether oxygens (including phenoxy) is 2. The number of rotatable bonds is 10. The SMILES string of the molecule is CC(CC(=O)OCCc1ccc2ccc3ccccc3c2c1)CC(=O)OCCc1ccc2ccc3ccccc3c2c1. The van der Waals surface area contributed by atoms with Crippen LogP contribution in [0.3, 0.4) is 0 Å². The van der Waals surface area contributed by atoms with Crippen LogP contribution in [-0.2, 0) is 31.9 Å². The number of carbonyl (C=O) groups is 2. The molecule has 0 heterocycles. The summed E-state index contributed by atoms with van der Waals surface area (Å²) in [5, 5.41) is 9.67. The molecular weight excluding hydrogens is 520 g/mol. The predicted octanol–water partition coefficient (Wildman–Crippen LogP) is 8.59. The summed E-state index contributed by atoms with van der Waals surface area (Å²) in [7, 11) is 0. The van der Waals surface area contributed by atoms with Crippen LogP contribution in [0, 0.1) is 5.92 Å². The lowest BCUT2D eigenvalue weighted by Gasteiger charge is -2.12. The third-order valence-electron chi connectivity index (χ3n) is 7.96. The van der Waals surface area contributed by atoms with E-state index in [2.05, 4.69) is 97.1 Å². The topological polar surface area (TPSA) is 52.6 Å². The Morgan fingerprint density at radius 1 is 0.524 bits per heavy atom. The molecule has 6 aromatic rings. The Bertz CT molecular complexity index is 1770. The first-order chi connectivity index (χ1) is 20.5. The Labute approximate surface area is 245 Å². The van der Waals surface area contributed by atoms with Gasteiger partial charge < -0.3 is 9.47 Å². The third-order valence-corrected chi connectivity index (χ3v) is 7.96. The second kappa shape index (κ2) is 12.4. The van der Waals surface area contributed by atoms with E-state index in [9.17, 15) is 9.59 Å². The van der Waals surface area contributed by atoms with Gasteiger partial charge in [0, 0.05) is 25.7 Å². The van der Waals surface area contributed by atoms with Gasteiger partial charge in [-0.15, -0.1) is 0 Å². The quantitative estimate of drug-likeness (QED) is 0.126. The minimum absolute atomic E-state index is 0.149. The van der Waals surface area contributed by atoms with E-state index >= 15 is 0 Å². The van der Waals surface area contributed by atoms with Crippen molar-refractivity contribution in [3.63, 3.8) is 0 Å². The van der Waals surface area contributed by atoms with Crippen molar-refractivity contribution in [1.82, 2.24) is 0 Å². The van der Waals surface area contributed by atoms with Gasteiger partial charge in [-0.1, -0.05) is 116 Å². The Hall–Kier alpha value is -4.70. The lowest BCUT2D eigenvalue weighted by molar-refractivity contribution is -0.147. The van der Waals surface area contributed by atoms with E-state index < -0.39 is 0 Å². The molecule has 0 unspecified atom stereocenters. The summed E-state index contributed by atoms with van der Waals surface area (Å²) in [6.45, 7) is 2.51. The molecule has 0 aliphatic carbocycles. The molecule has 0 N–H and O–H groups in total. The van der Waals surface area contributed by atoms with Gasteiger partial charge in [0.25, 0.3) is 0 Å². The van der Waals surface area contributed by atoms with Crippen molar-refractivity contribution < 1.29 is 19.1 Å². The summed E-state index contributed by atoms with van der Waals surface area (Å²) in [5.41, 5.74) is 2.26. The third kappa shape index (κ3) is 6.28. The molecule has 0 spiro atoms. The molecule has 0 radical (unpaired) electrons. The highest BCUT2D eigenvalue weighted by Gasteiger charge is 2.16. The van der Waals surface area contributed by atoms with Crippen LogP contribution in [0.15, 0.2) is 109 Å². The number of hydrogen-bond donors (Lipinski definition) is 0. The van der Waals surface area contributed by atoms with Crippen molar-refractivity contribution in [1.29, 1.82) is 0 Å². The van der Waals surface area contributed by atoms with E-state index in [1.807, 2.05) is 19.1 Å². The van der Waals surface area contributed by atoms with E-state index in [1.165, 1.54) is 43.1 Å². The maximum Gasteiger partial charge on any atom is 0.306 e. The van der Waals surface area contributed by atoms with Gasteiger partial charge in [-0.2, -0.15) is 0 Å². The van der Waals surface area contributed by atoms with Crippen LogP contribution >= 0.6 is 0 Å². The van der Waals surface area contributed by atoms with Crippen LogP contribution in [0.25, 0.3) is 43.1 Å². The zero-order valence-electron chi connectivity index (χ0n) is 23.8. The van der Waals surface area contributed by atoms with Crippen molar-refractivity contribution in [2.75, 3.05) is 13.2 Å². The Kier molecular flexibility index (Phi) is 8.14. The van der Waals surface area contributed by atoms with Gasteiger partial charge >= 0.3 is 11.9 Å². The predicted molar refractivity (Wildman–Crippen MR) is 171 cm³/mol. The van der Waals surface area contributed by atoms with Crippen molar-refractivity contribution in [3.8, 4) is 0 Å². The van der Waals surface area contributed by atoms with E-state index in [1.54, 1.807) is 0 Å². The number of carbonyl (C=O) groups excluding carboxylic acids is 2. The second-order valence-corrected chi connectivity index (χ2v) is 11.1. The molecule has 0 aliphatic rings. The maximum absolute atomic E-state index is 12.4. The molecular formula is C38H34O4. The van der Waals surface area contributed by atoms with Gasteiger partial charge in [0.1, 0.15) is 0 Å². The molecule has 0 bridgehead atoms. The van der Waals surface area contributed by atoms with Gasteiger partial charge in [0.2, 0.25) is 0 Å². The average molecular weight is 555 g/mol. The standard InChI is InChI=1S/C38H34O4/c1-26(22-37(39)41-20-18-27-10-12-31-16-14-29-6-2-4-8-33(29)35(31)24-27)23-38(40)42-21-19-28-11-13-32-17-15-30-7-3-5-9-34(30)36(32)25-28/h2-17,24-26H,18-23H2,1H3. The Morgan fingerprint density at radius 2 is 0.905 bits per heavy atom. The summed E-state index contributed by atoms with van der Waals surface area (Å²) in [6, 6.07) is 38.1. The minimum Gasteiger partial charge on any atom is -0.465 e. The van der Waals surface area contributed by atoms with Gasteiger partial charge in [0.15, 0.2) is 0 Å². The fourth-order valence-electron chi connectivity index (χ4n) is 5.73. The molecule has 0 saturated heterocycles. The summed E-state index contributed by atoms with van der Waals surface area (Å²) in [4.78, 5) is 24.9. The fraction of sp³-hybridized carbons (Fsp3) is 0.211. The van der Waals surface area contributed by atoms with Crippen LogP contribution in [0.4, 0.5) is 0 Å². The molecule has 0 aliphatic heterocycles. The van der Waals surface area contributed by atoms with Crippen LogP contribution in [0.2, 0.25) is 0 Å². The summed E-state index contributed by atoms with van der Waals surface area (Å²) in [5.74, 6) is -0.723. The molecule has 0 amide bonds. The van der Waals surface area contributed by atoms with Gasteiger partial charge in [-0.3, -0.25) is 9.59 Å². The number of hydrogen-bond acceptors (Lipinski definition) is 4. The molecule has 4 nitrogen and oxygen atoms in total. The first-order valence-corrected chi connectivity index (χ1v) is 14.7. The molecule has 0 atom stereocenters. The maximum atomic E-state index is 12.4. The summed E-state index contributed by atoms with van der Waals surface area (Å²) >= 11 is 0. The van der Waals surface area contributed by atoms with Crippen molar-refractivity contribution >= 4 is 55.0 Å². The van der Waals surface area contributed by atoms with Crippen LogP contribution in [0.5, 0.6) is 0 Å². The van der Waals surface area contributed by atoms with Crippen molar-refractivity contribution in [3.05, 3.63) is 120 Å². The highest BCUT2D eigenvalue weighted by atomic mass is 16.5. The largest absolute Gasteiger partial charge is 0.465 e. The number of fused-ring (bicyclic) bond motifs is 6. The Balaban J connectivity index is 0.945. The molecule has 0 fully saturated rings. The molecule has 6 aromatic carbocycles. The van der Waals surface area contributed by atoms with Gasteiger partial charge in [-0.25, -0.2) is 0 Å². The lowest BCUT2D eigenvalue weighted by Crippen LogP contribution is -2.16. The van der Waals surface area contributed by atoms with Gasteiger partial charge in [-0.05, 0) is 60.1 Å². The van der Waals surface area contributed by atoms with Gasteiger partial charge in [0.05, 0.1) is 13.2 Å². The molecule has 6 rings (SSSR count). The highest BCUT2D eigenvalue weighted by Crippen LogP contribution is 2.27. The van der Waals surface area contributed by atoms with E-state index in [-0.39, 0.29) is 30.7 Å². The molecule has 0 saturated carbocycles. The van der Waals surface area contributed by atoms with E-state index in [0.717, 1.165) is 11.1 Å². The molecule has 210 valence electrons. The number of esters is 2. The summed E-state index contributed by atoms with van der Waals surface area (Å²) in [6.07, 6.45) is 1.67. The second-order valence-electron chi connectivity index (χ2n) is 11.1. The van der Waals surface area contributed by atoms with E-state index in [4.69, 9.17) is 9.47 Å². The van der Waals surface area contributed by atoms with Crippen LogP contribution < -0.4 is 0 Å². The normalized spacial score (nSPS) is 11.5. The molecule has 4 heteroatoms. The first-order valence-electron chi connectivity index (χ1n) is 14.7. The highest BCUT2D eigenvalue weighted by molar-refractivity contribution is 6.08. The average Bonchev–Trinajstić information content (AvgIpc) is 3.00. The Morgan fingerprint density at radius 3 is 1.36 bits per heavy atom. The zero-order valence-corrected chi connectivity index (χ0v) is 23.8. The number of benzene rings is 6. The minimum atomic E-state index is -0.287.